The minimum absolute atomic E-state index is 0.482. The van der Waals surface area contributed by atoms with E-state index in [2.05, 4.69) is 16.0 Å². The molecule has 3 nitrogen and oxygen atoms in total. The summed E-state index contributed by atoms with van der Waals surface area (Å²) >= 11 is 6.08. The Kier molecular flexibility index (Phi) is 3.44. The van der Waals surface area contributed by atoms with Gasteiger partial charge in [-0.3, -0.25) is 0 Å². The van der Waals surface area contributed by atoms with Crippen LogP contribution in [0.2, 0.25) is 5.02 Å². The molecule has 2 unspecified atom stereocenters. The molecular formula is C14H20ClN3. The Morgan fingerprint density at radius 1 is 1.33 bits per heavy atom. The zero-order valence-corrected chi connectivity index (χ0v) is 11.4. The van der Waals surface area contributed by atoms with E-state index >= 15 is 0 Å². The van der Waals surface area contributed by atoms with Crippen molar-refractivity contribution in [3.8, 4) is 0 Å². The molecule has 3 rings (SSSR count). The smallest absolute Gasteiger partial charge is 0.129 e. The van der Waals surface area contributed by atoms with Crippen molar-refractivity contribution < 1.29 is 0 Å². The quantitative estimate of drug-likeness (QED) is 0.894. The Morgan fingerprint density at radius 2 is 2.17 bits per heavy atom. The van der Waals surface area contributed by atoms with Crippen molar-refractivity contribution in [2.75, 3.05) is 11.4 Å². The van der Waals surface area contributed by atoms with Gasteiger partial charge >= 0.3 is 0 Å². The molecular weight excluding hydrogens is 246 g/mol. The van der Waals surface area contributed by atoms with Gasteiger partial charge in [0, 0.05) is 25.3 Å². The largest absolute Gasteiger partial charge is 0.353 e. The fourth-order valence-corrected chi connectivity index (χ4v) is 3.65. The van der Waals surface area contributed by atoms with E-state index in [0.29, 0.717) is 17.6 Å². The highest BCUT2D eigenvalue weighted by atomic mass is 35.5. The van der Waals surface area contributed by atoms with Gasteiger partial charge in [-0.2, -0.15) is 0 Å². The minimum atomic E-state index is 0.482. The van der Waals surface area contributed by atoms with Crippen LogP contribution in [-0.4, -0.2) is 17.6 Å². The predicted molar refractivity (Wildman–Crippen MR) is 74.8 cm³/mol. The van der Waals surface area contributed by atoms with Crippen LogP contribution in [0.1, 0.15) is 37.7 Å². The molecule has 2 heterocycles. The summed E-state index contributed by atoms with van der Waals surface area (Å²) in [4.78, 5) is 6.97. The Labute approximate surface area is 113 Å². The second-order valence-electron chi connectivity index (χ2n) is 5.43. The maximum Gasteiger partial charge on any atom is 0.129 e. The molecule has 0 aromatic carbocycles. The summed E-state index contributed by atoms with van der Waals surface area (Å²) in [5.74, 6) is 1.94. The lowest BCUT2D eigenvalue weighted by Crippen LogP contribution is -2.35. The molecule has 0 radical (unpaired) electrons. The first-order valence-corrected chi connectivity index (χ1v) is 7.28. The highest BCUT2D eigenvalue weighted by Gasteiger charge is 2.36. The van der Waals surface area contributed by atoms with Crippen molar-refractivity contribution in [3.05, 3.63) is 22.8 Å². The number of hydrogen-bond acceptors (Lipinski definition) is 3. The number of aromatic nitrogens is 1. The van der Waals surface area contributed by atoms with Gasteiger partial charge in [0.25, 0.3) is 0 Å². The fourth-order valence-electron chi connectivity index (χ4n) is 3.47. The molecule has 1 aromatic heterocycles. The normalized spacial score (nSPS) is 27.3. The lowest BCUT2D eigenvalue weighted by atomic mass is 9.85. The first-order valence-electron chi connectivity index (χ1n) is 6.90. The monoisotopic (exact) mass is 265 g/mol. The molecule has 4 heteroatoms. The topological polar surface area (TPSA) is 42.1 Å². The van der Waals surface area contributed by atoms with Gasteiger partial charge in [0.1, 0.15) is 5.82 Å². The Balaban J connectivity index is 1.86. The van der Waals surface area contributed by atoms with Crippen LogP contribution < -0.4 is 10.6 Å². The van der Waals surface area contributed by atoms with E-state index in [1.54, 1.807) is 6.20 Å². The summed E-state index contributed by atoms with van der Waals surface area (Å²) in [5.41, 5.74) is 6.72. The van der Waals surface area contributed by atoms with Crippen LogP contribution in [0.5, 0.6) is 0 Å². The van der Waals surface area contributed by atoms with E-state index in [0.717, 1.165) is 23.8 Å². The summed E-state index contributed by atoms with van der Waals surface area (Å²) in [6, 6.07) is 2.76. The maximum atomic E-state index is 6.08. The Hall–Kier alpha value is -0.800. The first-order chi connectivity index (χ1) is 8.79. The third kappa shape index (κ3) is 2.10. The summed E-state index contributed by atoms with van der Waals surface area (Å²) < 4.78 is 0. The van der Waals surface area contributed by atoms with Gasteiger partial charge in [-0.1, -0.05) is 24.4 Å². The molecule has 2 atom stereocenters. The van der Waals surface area contributed by atoms with Gasteiger partial charge in [-0.15, -0.1) is 0 Å². The highest BCUT2D eigenvalue weighted by molar-refractivity contribution is 6.31. The molecule has 2 N–H and O–H groups in total. The van der Waals surface area contributed by atoms with Gasteiger partial charge in [-0.05, 0) is 36.8 Å². The molecule has 2 aliphatic rings. The molecule has 0 amide bonds. The van der Waals surface area contributed by atoms with Crippen LogP contribution in [0.15, 0.2) is 12.3 Å². The number of nitrogens with two attached hydrogens (primary N) is 1. The van der Waals surface area contributed by atoms with Crippen molar-refractivity contribution >= 4 is 17.4 Å². The molecule has 2 fully saturated rings. The third-order valence-corrected chi connectivity index (χ3v) is 4.78. The number of anilines is 1. The molecule has 0 spiro atoms. The zero-order chi connectivity index (χ0) is 12.5. The summed E-state index contributed by atoms with van der Waals surface area (Å²) in [7, 11) is 0. The van der Waals surface area contributed by atoms with Crippen molar-refractivity contribution in [2.45, 2.75) is 44.7 Å². The second-order valence-corrected chi connectivity index (χ2v) is 5.84. The van der Waals surface area contributed by atoms with E-state index in [4.69, 9.17) is 17.3 Å². The minimum Gasteiger partial charge on any atom is -0.353 e. The molecule has 1 aliphatic heterocycles. The van der Waals surface area contributed by atoms with Crippen LogP contribution in [0.25, 0.3) is 0 Å². The van der Waals surface area contributed by atoms with Gasteiger partial charge in [0.15, 0.2) is 0 Å². The average Bonchev–Trinajstić information content (AvgIpc) is 2.83. The average molecular weight is 266 g/mol. The van der Waals surface area contributed by atoms with Gasteiger partial charge in [0.05, 0.1) is 5.02 Å². The van der Waals surface area contributed by atoms with Crippen molar-refractivity contribution in [1.29, 1.82) is 0 Å². The third-order valence-electron chi connectivity index (χ3n) is 4.44. The number of pyridine rings is 1. The lowest BCUT2D eigenvalue weighted by molar-refractivity contribution is 0.341. The van der Waals surface area contributed by atoms with Crippen LogP contribution >= 0.6 is 11.6 Å². The molecule has 1 saturated carbocycles. The summed E-state index contributed by atoms with van der Waals surface area (Å²) in [5, 5.41) is 0.681. The molecule has 18 heavy (non-hydrogen) atoms. The molecule has 98 valence electrons. The predicted octanol–water partition coefficient (Wildman–Crippen LogP) is 2.96. The molecule has 1 aliphatic carbocycles. The number of nitrogens with zero attached hydrogens (tertiary/aromatic N) is 2. The van der Waals surface area contributed by atoms with Gasteiger partial charge < -0.3 is 10.6 Å². The fraction of sp³-hybridized carbons (Fsp3) is 0.643. The van der Waals surface area contributed by atoms with Crippen molar-refractivity contribution in [2.24, 2.45) is 11.7 Å². The van der Waals surface area contributed by atoms with E-state index in [9.17, 15) is 0 Å². The highest BCUT2D eigenvalue weighted by Crippen LogP contribution is 2.38. The SMILES string of the molecule is NCc1cc(N2CCC3CCCCC32)ncc1Cl. The summed E-state index contributed by atoms with van der Waals surface area (Å²) in [6.07, 6.45) is 8.51. The van der Waals surface area contributed by atoms with Crippen molar-refractivity contribution in [3.63, 3.8) is 0 Å². The van der Waals surface area contributed by atoms with E-state index < -0.39 is 0 Å². The summed E-state index contributed by atoms with van der Waals surface area (Å²) in [6.45, 7) is 1.62. The van der Waals surface area contributed by atoms with E-state index in [1.165, 1.54) is 32.1 Å². The van der Waals surface area contributed by atoms with Crippen LogP contribution in [-0.2, 0) is 6.54 Å². The maximum absolute atomic E-state index is 6.08. The Morgan fingerprint density at radius 3 is 3.00 bits per heavy atom. The molecule has 1 saturated heterocycles. The first kappa shape index (κ1) is 12.2. The van der Waals surface area contributed by atoms with Gasteiger partial charge in [-0.25, -0.2) is 4.98 Å². The molecule has 0 bridgehead atoms. The van der Waals surface area contributed by atoms with E-state index in [1.807, 2.05) is 0 Å². The number of fused-ring (bicyclic) bond motifs is 1. The van der Waals surface area contributed by atoms with Crippen LogP contribution in [0.4, 0.5) is 5.82 Å². The van der Waals surface area contributed by atoms with Crippen LogP contribution in [0.3, 0.4) is 0 Å². The van der Waals surface area contributed by atoms with Gasteiger partial charge in [0.2, 0.25) is 0 Å². The number of rotatable bonds is 2. The zero-order valence-electron chi connectivity index (χ0n) is 10.6. The lowest BCUT2D eigenvalue weighted by Gasteiger charge is -2.32. The number of hydrogen-bond donors (Lipinski definition) is 1. The van der Waals surface area contributed by atoms with E-state index in [-0.39, 0.29) is 0 Å². The standard InChI is InChI=1S/C14H20ClN3/c15-12-9-17-14(7-11(12)8-16)18-6-5-10-3-1-2-4-13(10)18/h7,9-10,13H,1-6,8,16H2. The Bertz CT molecular complexity index is 435. The van der Waals surface area contributed by atoms with Crippen molar-refractivity contribution in [1.82, 2.24) is 4.98 Å². The number of halogens is 1. The second kappa shape index (κ2) is 5.06. The van der Waals surface area contributed by atoms with Crippen LogP contribution in [0, 0.1) is 5.92 Å². The molecule has 1 aromatic rings.